The number of nitrogens with one attached hydrogen (secondary N) is 1. The Morgan fingerprint density at radius 1 is 0.816 bits per heavy atom. The fourth-order valence-corrected chi connectivity index (χ4v) is 4.23. The van der Waals surface area contributed by atoms with Crippen molar-refractivity contribution in [3.05, 3.63) is 101 Å². The number of nitrogens with zero attached hydrogens (tertiary/aromatic N) is 2. The summed E-state index contributed by atoms with van der Waals surface area (Å²) in [4.78, 5) is 41.7. The summed E-state index contributed by atoms with van der Waals surface area (Å²) in [6, 6.07) is 20.4. The summed E-state index contributed by atoms with van der Waals surface area (Å²) in [5.41, 5.74) is 0.316. The van der Waals surface area contributed by atoms with Crippen LogP contribution in [0.2, 0.25) is 0 Å². The van der Waals surface area contributed by atoms with Crippen molar-refractivity contribution in [1.82, 2.24) is 4.90 Å². The zero-order chi connectivity index (χ0) is 27.3. The molecule has 6 nitrogen and oxygen atoms in total. The monoisotopic (exact) mass is 521 g/mol. The Bertz CT molecular complexity index is 1340. The molecular weight excluding hydrogens is 495 g/mol. The second kappa shape index (κ2) is 11.3. The minimum Gasteiger partial charge on any atom is -0.368 e. The second-order valence-corrected chi connectivity index (χ2v) is 8.85. The topological polar surface area (TPSA) is 69.7 Å². The van der Waals surface area contributed by atoms with Crippen molar-refractivity contribution in [2.24, 2.45) is 0 Å². The first-order chi connectivity index (χ1) is 18.1. The smallest absolute Gasteiger partial charge is 0.368 e. The number of halogens is 3. The van der Waals surface area contributed by atoms with E-state index in [0.717, 1.165) is 17.8 Å². The summed E-state index contributed by atoms with van der Waals surface area (Å²) in [6.07, 6.45) is -3.64. The van der Waals surface area contributed by atoms with Crippen LogP contribution in [0.25, 0.3) is 6.08 Å². The second-order valence-electron chi connectivity index (χ2n) is 8.85. The van der Waals surface area contributed by atoms with Crippen LogP contribution in [0.5, 0.6) is 0 Å². The third-order valence-electron chi connectivity index (χ3n) is 6.28. The van der Waals surface area contributed by atoms with Crippen molar-refractivity contribution in [1.29, 1.82) is 0 Å². The van der Waals surface area contributed by atoms with Gasteiger partial charge in [-0.25, -0.2) is 0 Å². The summed E-state index contributed by atoms with van der Waals surface area (Å²) >= 11 is 0. The van der Waals surface area contributed by atoms with Crippen LogP contribution in [-0.4, -0.2) is 48.7 Å². The highest BCUT2D eigenvalue weighted by Crippen LogP contribution is 2.33. The number of rotatable bonds is 6. The van der Waals surface area contributed by atoms with Gasteiger partial charge in [-0.05, 0) is 61.0 Å². The first kappa shape index (κ1) is 26.7. The van der Waals surface area contributed by atoms with Gasteiger partial charge in [0.1, 0.15) is 5.57 Å². The van der Waals surface area contributed by atoms with Crippen LogP contribution in [0.3, 0.4) is 0 Å². The normalized spacial score (nSPS) is 14.3. The molecule has 0 aliphatic carbocycles. The van der Waals surface area contributed by atoms with Crippen LogP contribution in [0.4, 0.5) is 24.5 Å². The average Bonchev–Trinajstić information content (AvgIpc) is 2.91. The van der Waals surface area contributed by atoms with E-state index in [9.17, 15) is 27.6 Å². The molecule has 0 spiro atoms. The van der Waals surface area contributed by atoms with Crippen molar-refractivity contribution in [3.63, 3.8) is 0 Å². The van der Waals surface area contributed by atoms with Gasteiger partial charge in [0.15, 0.2) is 5.78 Å². The summed E-state index contributed by atoms with van der Waals surface area (Å²) in [5, 5.41) is 2.62. The quantitative estimate of drug-likeness (QED) is 0.208. The summed E-state index contributed by atoms with van der Waals surface area (Å²) in [5.74, 6) is -1.48. The molecule has 0 bridgehead atoms. The van der Waals surface area contributed by atoms with Gasteiger partial charge in [0.25, 0.3) is 11.8 Å². The molecule has 0 unspecified atom stereocenters. The van der Waals surface area contributed by atoms with E-state index < -0.39 is 23.6 Å². The number of amides is 2. The number of benzene rings is 3. The Labute approximate surface area is 218 Å². The molecule has 9 heteroatoms. The summed E-state index contributed by atoms with van der Waals surface area (Å²) in [7, 11) is 0. The van der Waals surface area contributed by atoms with Crippen LogP contribution in [0, 0.1) is 0 Å². The first-order valence-corrected chi connectivity index (χ1v) is 12.0. The number of carbonyl (C=O) groups excluding carboxylic acids is 3. The molecule has 0 radical (unpaired) electrons. The number of ketones is 1. The van der Waals surface area contributed by atoms with Crippen molar-refractivity contribution >= 4 is 35.0 Å². The van der Waals surface area contributed by atoms with Gasteiger partial charge >= 0.3 is 6.18 Å². The molecule has 0 aromatic heterocycles. The Balaban J connectivity index is 1.58. The van der Waals surface area contributed by atoms with Crippen molar-refractivity contribution in [3.8, 4) is 0 Å². The maximum Gasteiger partial charge on any atom is 0.416 e. The standard InChI is InChI=1S/C29H26F3N3O3/c1-20(36)21-11-13-24(14-12-21)34-15-17-35(18-16-34)28(38)25(27(37)33-23-8-3-2-4-9-23)19-22-7-5-6-10-26(22)29(30,31)32/h2-14,19H,15-18H2,1H3,(H,33,37). The molecule has 1 aliphatic rings. The number of para-hydroxylation sites is 1. The Morgan fingerprint density at radius 2 is 1.42 bits per heavy atom. The number of carbonyl (C=O) groups is 3. The van der Waals surface area contributed by atoms with Gasteiger partial charge in [-0.1, -0.05) is 36.4 Å². The maximum absolute atomic E-state index is 13.6. The fourth-order valence-electron chi connectivity index (χ4n) is 4.23. The molecule has 2 amide bonds. The Hall–Kier alpha value is -4.40. The van der Waals surface area contributed by atoms with Crippen LogP contribution < -0.4 is 10.2 Å². The van der Waals surface area contributed by atoms with Gasteiger partial charge in [0, 0.05) is 43.1 Å². The van der Waals surface area contributed by atoms with Gasteiger partial charge < -0.3 is 15.1 Å². The van der Waals surface area contributed by atoms with E-state index in [0.29, 0.717) is 24.3 Å². The number of Topliss-reactive ketones (excluding diaryl/α,β-unsaturated/α-hetero) is 1. The number of hydrogen-bond acceptors (Lipinski definition) is 4. The molecule has 3 aromatic rings. The first-order valence-electron chi connectivity index (χ1n) is 12.0. The molecule has 0 saturated carbocycles. The highest BCUT2D eigenvalue weighted by atomic mass is 19.4. The van der Waals surface area contributed by atoms with Crippen LogP contribution >= 0.6 is 0 Å². The lowest BCUT2D eigenvalue weighted by Gasteiger charge is -2.36. The van der Waals surface area contributed by atoms with E-state index in [1.807, 2.05) is 17.0 Å². The molecule has 1 fully saturated rings. The lowest BCUT2D eigenvalue weighted by Crippen LogP contribution is -2.50. The Kier molecular flexibility index (Phi) is 7.95. The predicted octanol–water partition coefficient (Wildman–Crippen LogP) is 5.28. The largest absolute Gasteiger partial charge is 0.416 e. The molecular formula is C29H26F3N3O3. The minimum atomic E-state index is -4.65. The zero-order valence-electron chi connectivity index (χ0n) is 20.7. The molecule has 38 heavy (non-hydrogen) atoms. The van der Waals surface area contributed by atoms with Gasteiger partial charge in [-0.3, -0.25) is 14.4 Å². The third-order valence-corrected chi connectivity index (χ3v) is 6.28. The number of hydrogen-bond donors (Lipinski definition) is 1. The number of piperazine rings is 1. The minimum absolute atomic E-state index is 0.0350. The van der Waals surface area contributed by atoms with Crippen molar-refractivity contribution in [2.45, 2.75) is 13.1 Å². The summed E-state index contributed by atoms with van der Waals surface area (Å²) in [6.45, 7) is 2.94. The number of anilines is 2. The Morgan fingerprint density at radius 3 is 2.03 bits per heavy atom. The van der Waals surface area contributed by atoms with E-state index in [2.05, 4.69) is 5.32 Å². The molecule has 1 heterocycles. The summed E-state index contributed by atoms with van der Waals surface area (Å²) < 4.78 is 40.9. The maximum atomic E-state index is 13.6. The zero-order valence-corrected chi connectivity index (χ0v) is 20.7. The molecule has 1 N–H and O–H groups in total. The fraction of sp³-hybridized carbons (Fsp3) is 0.207. The predicted molar refractivity (Wildman–Crippen MR) is 140 cm³/mol. The van der Waals surface area contributed by atoms with Gasteiger partial charge in [0.05, 0.1) is 5.56 Å². The highest BCUT2D eigenvalue weighted by Gasteiger charge is 2.34. The van der Waals surface area contributed by atoms with Gasteiger partial charge in [-0.2, -0.15) is 13.2 Å². The SMILES string of the molecule is CC(=O)c1ccc(N2CCN(C(=O)C(=Cc3ccccc3C(F)(F)F)C(=O)Nc3ccccc3)CC2)cc1. The van der Waals surface area contributed by atoms with Crippen LogP contribution in [0.15, 0.2) is 84.4 Å². The average molecular weight is 522 g/mol. The van der Waals surface area contributed by atoms with E-state index >= 15 is 0 Å². The van der Waals surface area contributed by atoms with E-state index in [-0.39, 0.29) is 30.0 Å². The molecule has 3 aromatic carbocycles. The highest BCUT2D eigenvalue weighted by molar-refractivity contribution is 6.25. The van der Waals surface area contributed by atoms with Gasteiger partial charge in [-0.15, -0.1) is 0 Å². The van der Waals surface area contributed by atoms with Crippen LogP contribution in [0.1, 0.15) is 28.4 Å². The van der Waals surface area contributed by atoms with Crippen molar-refractivity contribution < 1.29 is 27.6 Å². The molecule has 1 aliphatic heterocycles. The molecule has 0 atom stereocenters. The van der Waals surface area contributed by atoms with Crippen LogP contribution in [-0.2, 0) is 15.8 Å². The molecule has 196 valence electrons. The third kappa shape index (κ3) is 6.29. The van der Waals surface area contributed by atoms with Crippen molar-refractivity contribution in [2.75, 3.05) is 36.4 Å². The molecule has 1 saturated heterocycles. The lowest BCUT2D eigenvalue weighted by atomic mass is 10.0. The van der Waals surface area contributed by atoms with E-state index in [1.165, 1.54) is 30.0 Å². The number of alkyl halides is 3. The molecule has 4 rings (SSSR count). The lowest BCUT2D eigenvalue weighted by molar-refractivity contribution is -0.138. The van der Waals surface area contributed by atoms with E-state index in [4.69, 9.17) is 0 Å². The van der Waals surface area contributed by atoms with Gasteiger partial charge in [0.2, 0.25) is 0 Å². The van der Waals surface area contributed by atoms with E-state index in [1.54, 1.807) is 42.5 Å².